The molecule has 1 fully saturated rings. The average molecular weight is 342 g/mol. The normalized spacial score (nSPS) is 17.7. The monoisotopic (exact) mass is 341 g/mol. The van der Waals surface area contributed by atoms with E-state index in [0.717, 1.165) is 12.8 Å². The number of halogens is 1. The highest BCUT2D eigenvalue weighted by Gasteiger charge is 2.43. The Morgan fingerprint density at radius 3 is 2.68 bits per heavy atom. The summed E-state index contributed by atoms with van der Waals surface area (Å²) in [6.45, 7) is 2.17. The minimum Gasteiger partial charge on any atom is -0.329 e. The summed E-state index contributed by atoms with van der Waals surface area (Å²) in [4.78, 5) is 4.46. The number of rotatable bonds is 5. The van der Waals surface area contributed by atoms with Crippen LogP contribution in [0.2, 0.25) is 0 Å². The summed E-state index contributed by atoms with van der Waals surface area (Å²) in [5.74, 6) is 0.324. The summed E-state index contributed by atoms with van der Waals surface area (Å²) in [7, 11) is -3.63. The number of hydrogen-bond donors (Lipinski definition) is 2. The third-order valence-corrected chi connectivity index (χ3v) is 5.84. The second-order valence-corrected chi connectivity index (χ2v) is 7.48. The molecule has 1 unspecified atom stereocenters. The van der Waals surface area contributed by atoms with Gasteiger partial charge in [0.1, 0.15) is 0 Å². The van der Waals surface area contributed by atoms with Gasteiger partial charge in [0.15, 0.2) is 0 Å². The number of hydrogen-bond acceptors (Lipinski definition) is 4. The van der Waals surface area contributed by atoms with Gasteiger partial charge in [0.2, 0.25) is 10.0 Å². The molecule has 0 amide bonds. The second kappa shape index (κ2) is 6.12. The van der Waals surface area contributed by atoms with Gasteiger partial charge in [0.25, 0.3) is 0 Å². The van der Waals surface area contributed by atoms with Crippen LogP contribution in [0.3, 0.4) is 0 Å². The smallest absolute Gasteiger partial charge is 0.241 e. The van der Waals surface area contributed by atoms with Crippen LogP contribution >= 0.6 is 12.4 Å². The molecule has 0 aliphatic heterocycles. The summed E-state index contributed by atoms with van der Waals surface area (Å²) >= 11 is 0. The Kier molecular flexibility index (Phi) is 4.77. The first-order valence-electron chi connectivity index (χ1n) is 7.04. The van der Waals surface area contributed by atoms with Gasteiger partial charge < -0.3 is 5.73 Å². The molecular formula is C15H20ClN3O2S. The first-order chi connectivity index (χ1) is 9.96. The van der Waals surface area contributed by atoms with Crippen molar-refractivity contribution in [3.8, 4) is 0 Å². The third-order valence-electron chi connectivity index (χ3n) is 4.17. The Labute approximate surface area is 136 Å². The number of nitrogens with one attached hydrogen (secondary N) is 1. The van der Waals surface area contributed by atoms with E-state index in [9.17, 15) is 8.42 Å². The molecule has 22 heavy (non-hydrogen) atoms. The summed E-state index contributed by atoms with van der Waals surface area (Å²) in [6.07, 6.45) is 3.70. The quantitative estimate of drug-likeness (QED) is 0.871. The van der Waals surface area contributed by atoms with Crippen LogP contribution in [0.25, 0.3) is 10.9 Å². The largest absolute Gasteiger partial charge is 0.329 e. The fourth-order valence-corrected chi connectivity index (χ4v) is 4.38. The van der Waals surface area contributed by atoms with Crippen LogP contribution in [0.1, 0.15) is 19.8 Å². The second-order valence-electron chi connectivity index (χ2n) is 5.83. The van der Waals surface area contributed by atoms with Crippen molar-refractivity contribution in [3.05, 3.63) is 36.5 Å². The molecular weight excluding hydrogens is 322 g/mol. The number of fused-ring (bicyclic) bond motifs is 1. The van der Waals surface area contributed by atoms with Crippen LogP contribution in [-0.2, 0) is 10.0 Å². The van der Waals surface area contributed by atoms with Crippen molar-refractivity contribution >= 4 is 33.3 Å². The molecule has 5 nitrogen and oxygen atoms in total. The maximum absolute atomic E-state index is 12.8. The van der Waals surface area contributed by atoms with Crippen molar-refractivity contribution in [1.82, 2.24) is 9.71 Å². The molecule has 7 heteroatoms. The van der Waals surface area contributed by atoms with E-state index in [1.54, 1.807) is 36.5 Å². The number of sulfonamides is 1. The van der Waals surface area contributed by atoms with E-state index in [-0.39, 0.29) is 17.3 Å². The molecule has 2 aromatic rings. The van der Waals surface area contributed by atoms with Gasteiger partial charge in [0, 0.05) is 23.7 Å². The Morgan fingerprint density at radius 1 is 1.32 bits per heavy atom. The minimum atomic E-state index is -3.63. The number of benzene rings is 1. The first-order valence-corrected chi connectivity index (χ1v) is 8.52. The van der Waals surface area contributed by atoms with Gasteiger partial charge in [-0.2, -0.15) is 0 Å². The van der Waals surface area contributed by atoms with Crippen LogP contribution < -0.4 is 10.5 Å². The van der Waals surface area contributed by atoms with Gasteiger partial charge >= 0.3 is 0 Å². The molecule has 0 radical (unpaired) electrons. The van der Waals surface area contributed by atoms with Crippen LogP contribution in [0.5, 0.6) is 0 Å². The Morgan fingerprint density at radius 2 is 2.05 bits per heavy atom. The molecule has 120 valence electrons. The zero-order chi connectivity index (χ0) is 15.1. The topological polar surface area (TPSA) is 85.1 Å². The zero-order valence-electron chi connectivity index (χ0n) is 12.3. The predicted molar refractivity (Wildman–Crippen MR) is 89.5 cm³/mol. The fraction of sp³-hybridized carbons (Fsp3) is 0.400. The Bertz CT molecular complexity index is 772. The average Bonchev–Trinajstić information content (AvgIpc) is 3.31. The standard InChI is InChI=1S/C15H19N3O2S.ClH/c1-15(10-16,11-7-8-11)18-21(19,20)14-6-2-5-13-12(14)4-3-9-17-13;/h2-6,9,11,18H,7-8,10,16H2,1H3;1H. The van der Waals surface area contributed by atoms with Crippen LogP contribution in [-0.4, -0.2) is 25.5 Å². The molecule has 3 N–H and O–H groups in total. The molecule has 1 saturated carbocycles. The zero-order valence-corrected chi connectivity index (χ0v) is 14.0. The van der Waals surface area contributed by atoms with Crippen molar-refractivity contribution in [3.63, 3.8) is 0 Å². The highest BCUT2D eigenvalue weighted by Crippen LogP contribution is 2.40. The summed E-state index contributed by atoms with van der Waals surface area (Å²) < 4.78 is 28.3. The summed E-state index contributed by atoms with van der Waals surface area (Å²) in [5.41, 5.74) is 5.89. The Hall–Kier alpha value is -1.21. The fourth-order valence-electron chi connectivity index (χ4n) is 2.68. The van der Waals surface area contributed by atoms with E-state index in [1.165, 1.54) is 0 Å². The maximum atomic E-state index is 12.8. The van der Waals surface area contributed by atoms with E-state index in [0.29, 0.717) is 23.4 Å². The molecule has 0 spiro atoms. The van der Waals surface area contributed by atoms with Gasteiger partial charge in [-0.1, -0.05) is 6.07 Å². The lowest BCUT2D eigenvalue weighted by atomic mass is 9.98. The highest BCUT2D eigenvalue weighted by molar-refractivity contribution is 7.89. The van der Waals surface area contributed by atoms with E-state index in [4.69, 9.17) is 5.73 Å². The first kappa shape index (κ1) is 17.1. The van der Waals surface area contributed by atoms with E-state index in [1.807, 2.05) is 6.92 Å². The molecule has 3 rings (SSSR count). The minimum absolute atomic E-state index is 0. The van der Waals surface area contributed by atoms with Crippen molar-refractivity contribution in [2.24, 2.45) is 11.7 Å². The lowest BCUT2D eigenvalue weighted by Gasteiger charge is -2.29. The van der Waals surface area contributed by atoms with Crippen LogP contribution in [0.4, 0.5) is 0 Å². The molecule has 0 bridgehead atoms. The molecule has 1 heterocycles. The van der Waals surface area contributed by atoms with E-state index < -0.39 is 15.6 Å². The van der Waals surface area contributed by atoms with Crippen molar-refractivity contribution in [2.45, 2.75) is 30.2 Å². The molecule has 0 saturated heterocycles. The van der Waals surface area contributed by atoms with Crippen molar-refractivity contribution in [2.75, 3.05) is 6.54 Å². The molecule has 1 aliphatic carbocycles. The SMILES string of the molecule is CC(CN)(NS(=O)(=O)c1cccc2ncccc12)C1CC1.Cl. The number of pyridine rings is 1. The van der Waals surface area contributed by atoms with Gasteiger partial charge in [-0.15, -0.1) is 12.4 Å². The van der Waals surface area contributed by atoms with Crippen molar-refractivity contribution in [1.29, 1.82) is 0 Å². The van der Waals surface area contributed by atoms with Crippen LogP contribution in [0.15, 0.2) is 41.4 Å². The van der Waals surface area contributed by atoms with Gasteiger partial charge in [-0.25, -0.2) is 13.1 Å². The Balaban J connectivity index is 0.00000176. The van der Waals surface area contributed by atoms with Gasteiger partial charge in [0.05, 0.1) is 10.4 Å². The lowest BCUT2D eigenvalue weighted by Crippen LogP contribution is -2.52. The molecule has 1 atom stereocenters. The van der Waals surface area contributed by atoms with Crippen molar-refractivity contribution < 1.29 is 8.42 Å². The molecule has 1 aliphatic rings. The van der Waals surface area contributed by atoms with E-state index >= 15 is 0 Å². The molecule has 1 aromatic carbocycles. The maximum Gasteiger partial charge on any atom is 0.241 e. The van der Waals surface area contributed by atoms with Gasteiger partial charge in [-0.3, -0.25) is 4.98 Å². The number of nitrogens with two attached hydrogens (primary N) is 1. The highest BCUT2D eigenvalue weighted by atomic mass is 35.5. The summed E-state index contributed by atoms with van der Waals surface area (Å²) in [5, 5.41) is 0.627. The van der Waals surface area contributed by atoms with E-state index in [2.05, 4.69) is 9.71 Å². The van der Waals surface area contributed by atoms with Gasteiger partial charge in [-0.05, 0) is 49.9 Å². The predicted octanol–water partition coefficient (Wildman–Crippen LogP) is 2.06. The summed E-state index contributed by atoms with van der Waals surface area (Å²) in [6, 6.07) is 8.63. The number of aromatic nitrogens is 1. The van der Waals surface area contributed by atoms with Crippen LogP contribution in [0, 0.1) is 5.92 Å². The lowest BCUT2D eigenvalue weighted by molar-refractivity contribution is 0.374. The molecule has 1 aromatic heterocycles. The number of nitrogens with zero attached hydrogens (tertiary/aromatic N) is 1. The third kappa shape index (κ3) is 3.10.